The molecule has 0 aliphatic heterocycles. The van der Waals surface area contributed by atoms with Crippen LogP contribution < -0.4 is 10.1 Å². The average molecular weight is 283 g/mol. The highest BCUT2D eigenvalue weighted by atomic mass is 16.5. The van der Waals surface area contributed by atoms with Gasteiger partial charge in [-0.1, -0.05) is 43.3 Å². The van der Waals surface area contributed by atoms with Crippen LogP contribution in [0.4, 0.5) is 0 Å². The first-order valence-corrected chi connectivity index (χ1v) is 7.72. The van der Waals surface area contributed by atoms with Crippen molar-refractivity contribution >= 4 is 0 Å². The van der Waals surface area contributed by atoms with Crippen LogP contribution in [-0.2, 0) is 19.5 Å². The van der Waals surface area contributed by atoms with Crippen molar-refractivity contribution in [1.29, 1.82) is 0 Å². The molecule has 0 aliphatic rings. The first-order valence-electron chi connectivity index (χ1n) is 7.72. The van der Waals surface area contributed by atoms with Crippen LogP contribution in [0.5, 0.6) is 5.75 Å². The van der Waals surface area contributed by atoms with Gasteiger partial charge in [-0.15, -0.1) is 0 Å². The van der Waals surface area contributed by atoms with Crippen molar-refractivity contribution in [3.63, 3.8) is 0 Å². The number of benzene rings is 2. The third-order valence-corrected chi connectivity index (χ3v) is 3.44. The molecule has 2 aromatic rings. The molecule has 2 aromatic carbocycles. The van der Waals surface area contributed by atoms with E-state index in [-0.39, 0.29) is 6.10 Å². The molecule has 0 aromatic heterocycles. The number of hydrogen-bond acceptors (Lipinski definition) is 2. The summed E-state index contributed by atoms with van der Waals surface area (Å²) in [5.74, 6) is 0.935. The van der Waals surface area contributed by atoms with E-state index in [0.29, 0.717) is 0 Å². The van der Waals surface area contributed by atoms with Gasteiger partial charge in [0.2, 0.25) is 0 Å². The lowest BCUT2D eigenvalue weighted by atomic mass is 10.1. The number of ether oxygens (including phenoxy) is 1. The van der Waals surface area contributed by atoms with E-state index in [1.165, 1.54) is 16.7 Å². The summed E-state index contributed by atoms with van der Waals surface area (Å²) in [4.78, 5) is 0. The summed E-state index contributed by atoms with van der Waals surface area (Å²) < 4.78 is 5.65. The third kappa shape index (κ3) is 4.91. The number of rotatable bonds is 7. The van der Waals surface area contributed by atoms with Gasteiger partial charge >= 0.3 is 0 Å². The molecular weight excluding hydrogens is 258 g/mol. The molecule has 0 spiro atoms. The maximum Gasteiger partial charge on any atom is 0.119 e. The van der Waals surface area contributed by atoms with Crippen LogP contribution in [0.25, 0.3) is 0 Å². The number of hydrogen-bond donors (Lipinski definition) is 1. The molecular formula is C19H25NO. The molecule has 0 fully saturated rings. The maximum absolute atomic E-state index is 5.65. The Balaban J connectivity index is 1.86. The summed E-state index contributed by atoms with van der Waals surface area (Å²) in [5, 5.41) is 3.51. The Bertz CT molecular complexity index is 546. The van der Waals surface area contributed by atoms with Crippen molar-refractivity contribution in [3.05, 3.63) is 65.2 Å². The van der Waals surface area contributed by atoms with E-state index in [0.717, 1.165) is 25.3 Å². The molecule has 21 heavy (non-hydrogen) atoms. The van der Waals surface area contributed by atoms with Gasteiger partial charge in [0.05, 0.1) is 6.10 Å². The predicted molar refractivity (Wildman–Crippen MR) is 88.6 cm³/mol. The van der Waals surface area contributed by atoms with E-state index >= 15 is 0 Å². The molecule has 2 heteroatoms. The van der Waals surface area contributed by atoms with Gasteiger partial charge in [-0.3, -0.25) is 0 Å². The smallest absolute Gasteiger partial charge is 0.119 e. The van der Waals surface area contributed by atoms with Crippen LogP contribution in [0.15, 0.2) is 48.5 Å². The van der Waals surface area contributed by atoms with Gasteiger partial charge in [-0.05, 0) is 49.1 Å². The van der Waals surface area contributed by atoms with Crippen molar-refractivity contribution < 1.29 is 4.74 Å². The van der Waals surface area contributed by atoms with E-state index in [9.17, 15) is 0 Å². The van der Waals surface area contributed by atoms with Crippen LogP contribution in [0.3, 0.4) is 0 Å². The molecule has 2 nitrogen and oxygen atoms in total. The van der Waals surface area contributed by atoms with Crippen molar-refractivity contribution in [2.24, 2.45) is 0 Å². The first-order chi connectivity index (χ1) is 10.2. The minimum atomic E-state index is 0.222. The van der Waals surface area contributed by atoms with Crippen LogP contribution in [-0.4, -0.2) is 6.10 Å². The zero-order valence-electron chi connectivity index (χ0n) is 13.2. The van der Waals surface area contributed by atoms with Gasteiger partial charge < -0.3 is 10.1 Å². The fourth-order valence-corrected chi connectivity index (χ4v) is 2.37. The second kappa shape index (κ2) is 7.84. The predicted octanol–water partition coefficient (Wildman–Crippen LogP) is 4.33. The van der Waals surface area contributed by atoms with Crippen LogP contribution in [0.2, 0.25) is 0 Å². The van der Waals surface area contributed by atoms with E-state index in [1.807, 2.05) is 26.0 Å². The number of aryl methyl sites for hydroxylation is 1. The zero-order chi connectivity index (χ0) is 15.1. The zero-order valence-corrected chi connectivity index (χ0v) is 13.2. The molecule has 0 radical (unpaired) electrons. The highest BCUT2D eigenvalue weighted by Crippen LogP contribution is 2.14. The highest BCUT2D eigenvalue weighted by Gasteiger charge is 2.01. The van der Waals surface area contributed by atoms with Gasteiger partial charge in [0.15, 0.2) is 0 Å². The van der Waals surface area contributed by atoms with Gasteiger partial charge in [0.1, 0.15) is 5.75 Å². The monoisotopic (exact) mass is 283 g/mol. The molecule has 0 saturated heterocycles. The summed E-state index contributed by atoms with van der Waals surface area (Å²) in [7, 11) is 0. The number of nitrogens with one attached hydrogen (secondary N) is 1. The topological polar surface area (TPSA) is 21.3 Å². The van der Waals surface area contributed by atoms with E-state index < -0.39 is 0 Å². The summed E-state index contributed by atoms with van der Waals surface area (Å²) in [6, 6.07) is 16.9. The molecule has 0 unspecified atom stereocenters. The Morgan fingerprint density at radius 2 is 1.57 bits per heavy atom. The molecule has 0 amide bonds. The lowest BCUT2D eigenvalue weighted by molar-refractivity contribution is 0.242. The molecule has 2 rings (SSSR count). The molecule has 0 aliphatic carbocycles. The van der Waals surface area contributed by atoms with E-state index in [2.05, 4.69) is 48.6 Å². The van der Waals surface area contributed by atoms with Crippen molar-refractivity contribution in [3.8, 4) is 5.75 Å². The summed E-state index contributed by atoms with van der Waals surface area (Å²) in [6.45, 7) is 8.07. The molecule has 0 heterocycles. The van der Waals surface area contributed by atoms with Crippen molar-refractivity contribution in [2.75, 3.05) is 0 Å². The second-order valence-electron chi connectivity index (χ2n) is 5.54. The standard InChI is InChI=1S/C19H25NO/c1-4-17-7-5-6-8-18(17)14-20-13-16-9-11-19(12-10-16)21-15(2)3/h5-12,15,20H,4,13-14H2,1-3H3. The van der Waals surface area contributed by atoms with Gasteiger partial charge in [0, 0.05) is 13.1 Å². The van der Waals surface area contributed by atoms with E-state index in [4.69, 9.17) is 4.74 Å². The van der Waals surface area contributed by atoms with Crippen LogP contribution in [0.1, 0.15) is 37.5 Å². The third-order valence-electron chi connectivity index (χ3n) is 3.44. The molecule has 1 N–H and O–H groups in total. The Morgan fingerprint density at radius 3 is 2.19 bits per heavy atom. The largest absolute Gasteiger partial charge is 0.491 e. The van der Waals surface area contributed by atoms with Gasteiger partial charge in [-0.2, -0.15) is 0 Å². The minimum absolute atomic E-state index is 0.222. The van der Waals surface area contributed by atoms with Crippen LogP contribution >= 0.6 is 0 Å². The summed E-state index contributed by atoms with van der Waals surface area (Å²) in [5.41, 5.74) is 4.09. The molecule has 0 saturated carbocycles. The van der Waals surface area contributed by atoms with Gasteiger partial charge in [-0.25, -0.2) is 0 Å². The highest BCUT2D eigenvalue weighted by molar-refractivity contribution is 5.28. The Morgan fingerprint density at radius 1 is 0.905 bits per heavy atom. The fourth-order valence-electron chi connectivity index (χ4n) is 2.37. The van der Waals surface area contributed by atoms with E-state index in [1.54, 1.807) is 0 Å². The van der Waals surface area contributed by atoms with Crippen molar-refractivity contribution in [2.45, 2.75) is 46.4 Å². The van der Waals surface area contributed by atoms with Crippen LogP contribution in [0, 0.1) is 0 Å². The Kier molecular flexibility index (Phi) is 5.82. The first kappa shape index (κ1) is 15.6. The maximum atomic E-state index is 5.65. The lowest BCUT2D eigenvalue weighted by Gasteiger charge is -2.11. The van der Waals surface area contributed by atoms with Gasteiger partial charge in [0.25, 0.3) is 0 Å². The molecule has 0 atom stereocenters. The quantitative estimate of drug-likeness (QED) is 0.817. The minimum Gasteiger partial charge on any atom is -0.491 e. The summed E-state index contributed by atoms with van der Waals surface area (Å²) >= 11 is 0. The molecule has 0 bridgehead atoms. The second-order valence-corrected chi connectivity index (χ2v) is 5.54. The summed E-state index contributed by atoms with van der Waals surface area (Å²) in [6.07, 6.45) is 1.30. The lowest BCUT2D eigenvalue weighted by Crippen LogP contribution is -2.14. The Hall–Kier alpha value is -1.80. The van der Waals surface area contributed by atoms with Crippen molar-refractivity contribution in [1.82, 2.24) is 5.32 Å². The fraction of sp³-hybridized carbons (Fsp3) is 0.368. The SMILES string of the molecule is CCc1ccccc1CNCc1ccc(OC(C)C)cc1. The Labute approximate surface area is 128 Å². The average Bonchev–Trinajstić information content (AvgIpc) is 2.49. The normalized spacial score (nSPS) is 10.9. The molecule has 112 valence electrons.